The monoisotopic (exact) mass is 317 g/mol. The third kappa shape index (κ3) is 4.46. The Morgan fingerprint density at radius 3 is 2.25 bits per heavy atom. The van der Waals surface area contributed by atoms with E-state index in [1.165, 1.54) is 0 Å². The average molecular weight is 317 g/mol. The normalized spacial score (nSPS) is 12.7. The molecule has 20 heavy (non-hydrogen) atoms. The fraction of sp³-hybridized carbons (Fsp3) is 0.417. The SMILES string of the molecule is C[Si]N([Si]C)C(CC(=O)O)Cc1cc(F)c(F)cc1F. The molecule has 0 aliphatic heterocycles. The second-order valence-electron chi connectivity index (χ2n) is 4.13. The van der Waals surface area contributed by atoms with Gasteiger partial charge in [-0.3, -0.25) is 4.79 Å². The van der Waals surface area contributed by atoms with Gasteiger partial charge in [0.05, 0.1) is 6.42 Å². The van der Waals surface area contributed by atoms with Gasteiger partial charge in [-0.05, 0) is 18.1 Å². The lowest BCUT2D eigenvalue weighted by Gasteiger charge is -2.28. The molecule has 0 aliphatic rings. The molecule has 0 heterocycles. The summed E-state index contributed by atoms with van der Waals surface area (Å²) in [5.74, 6) is -4.22. The first-order valence-electron chi connectivity index (χ1n) is 5.88. The van der Waals surface area contributed by atoms with E-state index in [2.05, 4.69) is 0 Å². The number of hydrogen-bond donors (Lipinski definition) is 1. The summed E-state index contributed by atoms with van der Waals surface area (Å²) in [6, 6.07) is 0.864. The van der Waals surface area contributed by atoms with Gasteiger partial charge in [0.15, 0.2) is 11.6 Å². The van der Waals surface area contributed by atoms with Crippen LogP contribution in [0.2, 0.25) is 13.1 Å². The zero-order chi connectivity index (χ0) is 15.3. The van der Waals surface area contributed by atoms with Gasteiger partial charge < -0.3 is 9.34 Å². The predicted molar refractivity (Wildman–Crippen MR) is 71.1 cm³/mol. The summed E-state index contributed by atoms with van der Waals surface area (Å²) in [6.07, 6.45) is -0.128. The van der Waals surface area contributed by atoms with Crippen molar-refractivity contribution in [2.24, 2.45) is 0 Å². The molecule has 8 heteroatoms. The Labute approximate surface area is 120 Å². The van der Waals surface area contributed by atoms with Gasteiger partial charge in [0.25, 0.3) is 0 Å². The summed E-state index contributed by atoms with van der Waals surface area (Å²) in [5.41, 5.74) is -0.00310. The Hall–Kier alpha value is -1.13. The van der Waals surface area contributed by atoms with E-state index in [1.807, 2.05) is 17.3 Å². The van der Waals surface area contributed by atoms with E-state index >= 15 is 0 Å². The van der Waals surface area contributed by atoms with E-state index < -0.39 is 29.5 Å². The standard InChI is InChI=1S/C12H14F3NO2Si2/c1-19-16(20-2)8(5-12(17)18)3-7-4-10(14)11(15)6-9(7)13/h4,6,8H,3,5H2,1-2H3,(H,17,18). The molecule has 0 saturated heterocycles. The molecule has 0 aromatic heterocycles. The number of nitrogens with zero attached hydrogens (tertiary/aromatic N) is 1. The van der Waals surface area contributed by atoms with Crippen molar-refractivity contribution in [3.05, 3.63) is 35.1 Å². The van der Waals surface area contributed by atoms with Crippen LogP contribution in [0.15, 0.2) is 12.1 Å². The number of aliphatic carboxylic acids is 1. The van der Waals surface area contributed by atoms with Gasteiger partial charge in [-0.25, -0.2) is 13.2 Å². The molecule has 1 rings (SSSR count). The molecule has 1 N–H and O–H groups in total. The van der Waals surface area contributed by atoms with E-state index in [9.17, 15) is 18.0 Å². The van der Waals surface area contributed by atoms with Gasteiger partial charge in [0.1, 0.15) is 25.2 Å². The molecule has 1 atom stereocenters. The van der Waals surface area contributed by atoms with Crippen molar-refractivity contribution in [1.29, 1.82) is 0 Å². The summed E-state index contributed by atoms with van der Waals surface area (Å²) in [6.45, 7) is 3.79. The lowest BCUT2D eigenvalue weighted by Crippen LogP contribution is -2.41. The molecule has 0 bridgehead atoms. The van der Waals surface area contributed by atoms with Gasteiger partial charge in [-0.2, -0.15) is 0 Å². The lowest BCUT2D eigenvalue weighted by molar-refractivity contribution is -0.137. The minimum absolute atomic E-state index is 0.00310. The molecular weight excluding hydrogens is 303 g/mol. The van der Waals surface area contributed by atoms with E-state index in [0.29, 0.717) is 25.4 Å². The fourth-order valence-corrected chi connectivity index (χ4v) is 3.90. The molecule has 0 fully saturated rings. The molecule has 1 aromatic rings. The second kappa shape index (κ2) is 7.60. The first kappa shape index (κ1) is 16.9. The minimum atomic E-state index is -1.24. The molecular formula is C12H14F3NO2Si2. The van der Waals surface area contributed by atoms with Crippen LogP contribution in [0.25, 0.3) is 0 Å². The first-order valence-corrected chi connectivity index (χ1v) is 8.77. The highest BCUT2D eigenvalue weighted by molar-refractivity contribution is 6.48. The summed E-state index contributed by atoms with van der Waals surface area (Å²) < 4.78 is 41.6. The zero-order valence-corrected chi connectivity index (χ0v) is 13.1. The van der Waals surface area contributed by atoms with Gasteiger partial charge in [0, 0.05) is 12.1 Å². The van der Waals surface area contributed by atoms with Crippen molar-refractivity contribution in [3.63, 3.8) is 0 Å². The van der Waals surface area contributed by atoms with Crippen molar-refractivity contribution < 1.29 is 23.1 Å². The molecule has 0 amide bonds. The van der Waals surface area contributed by atoms with Crippen LogP contribution in [0.4, 0.5) is 13.2 Å². The third-order valence-corrected chi connectivity index (χ3v) is 5.84. The number of carboxylic acids is 1. The van der Waals surface area contributed by atoms with E-state index in [0.717, 1.165) is 6.07 Å². The van der Waals surface area contributed by atoms with Gasteiger partial charge >= 0.3 is 5.97 Å². The van der Waals surface area contributed by atoms with Gasteiger partial charge in [-0.15, -0.1) is 0 Å². The quantitative estimate of drug-likeness (QED) is 0.619. The van der Waals surface area contributed by atoms with Gasteiger partial charge in [0.2, 0.25) is 0 Å². The number of carbonyl (C=O) groups is 1. The van der Waals surface area contributed by atoms with E-state index in [4.69, 9.17) is 5.11 Å². The number of halogens is 3. The maximum absolute atomic E-state index is 13.6. The molecule has 0 spiro atoms. The van der Waals surface area contributed by atoms with Crippen molar-refractivity contribution in [2.45, 2.75) is 32.0 Å². The lowest BCUT2D eigenvalue weighted by atomic mass is 10.0. The Kier molecular flexibility index (Phi) is 6.43. The van der Waals surface area contributed by atoms with Crippen LogP contribution in [-0.2, 0) is 11.2 Å². The minimum Gasteiger partial charge on any atom is -0.481 e. The third-order valence-electron chi connectivity index (χ3n) is 2.80. The Balaban J connectivity index is 2.99. The largest absolute Gasteiger partial charge is 0.481 e. The molecule has 4 radical (unpaired) electrons. The van der Waals surface area contributed by atoms with Crippen LogP contribution in [0, 0.1) is 17.5 Å². The number of rotatable bonds is 7. The zero-order valence-electron chi connectivity index (χ0n) is 11.1. The summed E-state index contributed by atoms with van der Waals surface area (Å²) >= 11 is 0. The number of hydrogen-bond acceptors (Lipinski definition) is 2. The first-order chi connectivity index (χ1) is 9.38. The highest BCUT2D eigenvalue weighted by Gasteiger charge is 2.22. The molecule has 0 aliphatic carbocycles. The van der Waals surface area contributed by atoms with Crippen LogP contribution in [0.5, 0.6) is 0 Å². The summed E-state index contributed by atoms with van der Waals surface area (Å²) in [4.78, 5) is 10.9. The van der Waals surface area contributed by atoms with Crippen LogP contribution < -0.4 is 0 Å². The molecule has 1 aromatic carbocycles. The molecule has 3 nitrogen and oxygen atoms in total. The van der Waals surface area contributed by atoms with Crippen LogP contribution in [-0.4, -0.2) is 40.7 Å². The van der Waals surface area contributed by atoms with Crippen LogP contribution >= 0.6 is 0 Å². The topological polar surface area (TPSA) is 40.5 Å². The smallest absolute Gasteiger partial charge is 0.304 e. The highest BCUT2D eigenvalue weighted by atomic mass is 28.3. The van der Waals surface area contributed by atoms with E-state index in [1.54, 1.807) is 0 Å². The maximum atomic E-state index is 13.6. The van der Waals surface area contributed by atoms with Crippen molar-refractivity contribution in [2.75, 3.05) is 0 Å². The summed E-state index contributed by atoms with van der Waals surface area (Å²) in [5, 5.41) is 8.92. The highest BCUT2D eigenvalue weighted by Crippen LogP contribution is 2.18. The molecule has 108 valence electrons. The van der Waals surface area contributed by atoms with Crippen molar-refractivity contribution in [1.82, 2.24) is 4.23 Å². The average Bonchev–Trinajstić information content (AvgIpc) is 2.36. The molecule has 0 saturated carbocycles. The van der Waals surface area contributed by atoms with Crippen molar-refractivity contribution in [3.8, 4) is 0 Å². The Bertz CT molecular complexity index is 484. The maximum Gasteiger partial charge on any atom is 0.304 e. The van der Waals surface area contributed by atoms with Gasteiger partial charge in [-0.1, -0.05) is 13.1 Å². The van der Waals surface area contributed by atoms with Crippen LogP contribution in [0.3, 0.4) is 0 Å². The van der Waals surface area contributed by atoms with E-state index in [-0.39, 0.29) is 18.4 Å². The van der Waals surface area contributed by atoms with Crippen LogP contribution in [0.1, 0.15) is 12.0 Å². The number of carboxylic acid groups (broad SMARTS) is 1. The second-order valence-corrected chi connectivity index (χ2v) is 6.44. The Morgan fingerprint density at radius 1 is 1.20 bits per heavy atom. The Morgan fingerprint density at radius 2 is 1.75 bits per heavy atom. The predicted octanol–water partition coefficient (Wildman–Crippen LogP) is 2.13. The molecule has 1 unspecified atom stereocenters. The number of benzene rings is 1. The fourth-order valence-electron chi connectivity index (χ4n) is 1.91. The van der Waals surface area contributed by atoms with Crippen molar-refractivity contribution >= 4 is 25.3 Å². The summed E-state index contributed by atoms with van der Waals surface area (Å²) in [7, 11) is 0.728.